The average molecular weight is 234 g/mol. The van der Waals surface area contributed by atoms with E-state index < -0.39 is 0 Å². The maximum absolute atomic E-state index is 12.1. The van der Waals surface area contributed by atoms with Crippen molar-refractivity contribution in [3.63, 3.8) is 0 Å². The van der Waals surface area contributed by atoms with Crippen LogP contribution in [-0.4, -0.2) is 58.9 Å². The largest absolute Gasteiger partial charge is 0.336 e. The minimum atomic E-state index is -0.0122. The smallest absolute Gasteiger partial charge is 0.274 e. The van der Waals surface area contributed by atoms with Crippen LogP contribution in [0.2, 0.25) is 0 Å². The van der Waals surface area contributed by atoms with Crippen LogP contribution < -0.4 is 0 Å². The molecule has 1 aliphatic heterocycles. The Morgan fingerprint density at radius 2 is 2.18 bits per heavy atom. The summed E-state index contributed by atoms with van der Waals surface area (Å²) in [6.07, 6.45) is 4.21. The summed E-state index contributed by atoms with van der Waals surface area (Å²) in [6.45, 7) is 3.44. The predicted molar refractivity (Wildman–Crippen MR) is 64.8 cm³/mol. The molecule has 0 bridgehead atoms. The van der Waals surface area contributed by atoms with Crippen LogP contribution in [0.15, 0.2) is 12.4 Å². The van der Waals surface area contributed by atoms with Crippen molar-refractivity contribution in [2.75, 3.05) is 27.2 Å². The van der Waals surface area contributed by atoms with Gasteiger partial charge in [-0.15, -0.1) is 0 Å². The molecule has 0 aliphatic carbocycles. The summed E-state index contributed by atoms with van der Waals surface area (Å²) in [5, 5.41) is 0. The van der Waals surface area contributed by atoms with Gasteiger partial charge in [-0.05, 0) is 27.4 Å². The third-order valence-corrected chi connectivity index (χ3v) is 3.18. The Kier molecular flexibility index (Phi) is 3.38. The van der Waals surface area contributed by atoms with Crippen molar-refractivity contribution in [1.82, 2.24) is 19.8 Å². The Bertz CT molecular complexity index is 401. The average Bonchev–Trinajstić information content (AvgIpc) is 2.78. The zero-order valence-corrected chi connectivity index (χ0v) is 10.6. The normalized spacial score (nSPS) is 20.0. The molecule has 2 rings (SSSR count). The van der Waals surface area contributed by atoms with Crippen molar-refractivity contribution >= 4 is 5.91 Å². The van der Waals surface area contributed by atoms with E-state index in [2.05, 4.69) is 14.9 Å². The molecule has 2 heterocycles. The molecule has 0 saturated carbocycles. The minimum absolute atomic E-state index is 0.0122. The van der Waals surface area contributed by atoms with E-state index in [1.807, 2.05) is 25.9 Å². The molecule has 5 heteroatoms. The van der Waals surface area contributed by atoms with Crippen LogP contribution in [0, 0.1) is 6.92 Å². The van der Waals surface area contributed by atoms with Crippen LogP contribution in [0.5, 0.6) is 0 Å². The van der Waals surface area contributed by atoms with E-state index in [0.717, 1.165) is 25.2 Å². The van der Waals surface area contributed by atoms with Crippen LogP contribution in [-0.2, 0) is 0 Å². The quantitative estimate of drug-likeness (QED) is 0.750. The fourth-order valence-corrected chi connectivity index (χ4v) is 2.01. The lowest BCUT2D eigenvalue weighted by Crippen LogP contribution is -2.34. The summed E-state index contributed by atoms with van der Waals surface area (Å²) < 4.78 is 0. The highest BCUT2D eigenvalue weighted by Crippen LogP contribution is 2.15. The molecule has 1 fully saturated rings. The van der Waals surface area contributed by atoms with Gasteiger partial charge >= 0.3 is 0 Å². The lowest BCUT2D eigenvalue weighted by molar-refractivity contribution is 0.0777. The van der Waals surface area contributed by atoms with Crippen molar-refractivity contribution in [1.29, 1.82) is 0 Å². The predicted octanol–water partition coefficient (Wildman–Crippen LogP) is 0.561. The summed E-state index contributed by atoms with van der Waals surface area (Å²) in [4.78, 5) is 24.4. The molecule has 5 nitrogen and oxygen atoms in total. The zero-order valence-electron chi connectivity index (χ0n) is 10.6. The van der Waals surface area contributed by atoms with Gasteiger partial charge in [0.2, 0.25) is 0 Å². The highest BCUT2D eigenvalue weighted by molar-refractivity contribution is 5.92. The van der Waals surface area contributed by atoms with Crippen molar-refractivity contribution in [3.8, 4) is 0 Å². The van der Waals surface area contributed by atoms with Gasteiger partial charge in [-0.1, -0.05) is 0 Å². The van der Waals surface area contributed by atoms with Gasteiger partial charge in [0.25, 0.3) is 5.91 Å². The number of aryl methyl sites for hydroxylation is 1. The molecule has 0 unspecified atom stereocenters. The summed E-state index contributed by atoms with van der Waals surface area (Å²) in [6, 6.07) is 0.456. The van der Waals surface area contributed by atoms with Crippen molar-refractivity contribution in [3.05, 3.63) is 23.8 Å². The third kappa shape index (κ3) is 2.61. The SMILES string of the molecule is Cc1cnc(C(=O)N2CC[C@@H](N(C)C)C2)cn1. The van der Waals surface area contributed by atoms with Gasteiger partial charge in [0, 0.05) is 25.3 Å². The second-order valence-corrected chi connectivity index (χ2v) is 4.70. The van der Waals surface area contributed by atoms with Crippen LogP contribution in [0.4, 0.5) is 0 Å². The molecular formula is C12H18N4O. The standard InChI is InChI=1S/C12H18N4O/c1-9-6-14-11(7-13-9)12(17)16-5-4-10(8-16)15(2)3/h6-7,10H,4-5,8H2,1-3H3/t10-/m1/s1. The molecular weight excluding hydrogens is 216 g/mol. The highest BCUT2D eigenvalue weighted by Gasteiger charge is 2.28. The van der Waals surface area contributed by atoms with Gasteiger partial charge in [-0.3, -0.25) is 9.78 Å². The molecule has 1 saturated heterocycles. The van der Waals surface area contributed by atoms with Gasteiger partial charge < -0.3 is 9.80 Å². The second kappa shape index (κ2) is 4.79. The molecule has 1 amide bonds. The summed E-state index contributed by atoms with van der Waals surface area (Å²) >= 11 is 0. The number of hydrogen-bond acceptors (Lipinski definition) is 4. The van der Waals surface area contributed by atoms with Crippen LogP contribution in [0.25, 0.3) is 0 Å². The first-order valence-electron chi connectivity index (χ1n) is 5.82. The van der Waals surface area contributed by atoms with Gasteiger partial charge in [0.1, 0.15) is 5.69 Å². The Labute approximate surface area is 101 Å². The van der Waals surface area contributed by atoms with E-state index in [4.69, 9.17) is 0 Å². The molecule has 0 aromatic carbocycles. The number of nitrogens with zero attached hydrogens (tertiary/aromatic N) is 4. The lowest BCUT2D eigenvalue weighted by atomic mass is 10.2. The Morgan fingerprint density at radius 1 is 1.41 bits per heavy atom. The van der Waals surface area contributed by atoms with E-state index in [1.165, 1.54) is 0 Å². The molecule has 1 aromatic rings. The lowest BCUT2D eigenvalue weighted by Gasteiger charge is -2.20. The number of aromatic nitrogens is 2. The maximum atomic E-state index is 12.1. The van der Waals surface area contributed by atoms with Crippen molar-refractivity contribution in [2.45, 2.75) is 19.4 Å². The van der Waals surface area contributed by atoms with E-state index in [-0.39, 0.29) is 5.91 Å². The monoisotopic (exact) mass is 234 g/mol. The third-order valence-electron chi connectivity index (χ3n) is 3.18. The molecule has 0 N–H and O–H groups in total. The topological polar surface area (TPSA) is 49.3 Å². The first-order valence-corrected chi connectivity index (χ1v) is 5.82. The Balaban J connectivity index is 2.04. The number of likely N-dealkylation sites (N-methyl/N-ethyl adjacent to an activating group) is 1. The molecule has 0 radical (unpaired) electrons. The molecule has 0 spiro atoms. The number of rotatable bonds is 2. The first-order chi connectivity index (χ1) is 8.08. The molecule has 1 aliphatic rings. The number of carbonyl (C=O) groups excluding carboxylic acids is 1. The fourth-order valence-electron chi connectivity index (χ4n) is 2.01. The maximum Gasteiger partial charge on any atom is 0.274 e. The molecule has 92 valence electrons. The number of likely N-dealkylation sites (tertiary alicyclic amines) is 1. The number of amides is 1. The minimum Gasteiger partial charge on any atom is -0.336 e. The zero-order chi connectivity index (χ0) is 12.4. The number of carbonyl (C=O) groups is 1. The Hall–Kier alpha value is -1.49. The van der Waals surface area contributed by atoms with Gasteiger partial charge in [0.15, 0.2) is 0 Å². The van der Waals surface area contributed by atoms with Crippen molar-refractivity contribution < 1.29 is 4.79 Å². The molecule has 1 atom stereocenters. The van der Waals surface area contributed by atoms with Gasteiger partial charge in [0.05, 0.1) is 11.9 Å². The van der Waals surface area contributed by atoms with Gasteiger partial charge in [-0.2, -0.15) is 0 Å². The Morgan fingerprint density at radius 3 is 2.71 bits per heavy atom. The van der Waals surface area contributed by atoms with Gasteiger partial charge in [-0.25, -0.2) is 4.98 Å². The van der Waals surface area contributed by atoms with E-state index in [0.29, 0.717) is 11.7 Å². The van der Waals surface area contributed by atoms with Crippen molar-refractivity contribution in [2.24, 2.45) is 0 Å². The van der Waals surface area contributed by atoms with Crippen LogP contribution >= 0.6 is 0 Å². The summed E-state index contributed by atoms with van der Waals surface area (Å²) in [7, 11) is 4.09. The summed E-state index contributed by atoms with van der Waals surface area (Å²) in [5.41, 5.74) is 1.27. The second-order valence-electron chi connectivity index (χ2n) is 4.70. The van der Waals surface area contributed by atoms with Crippen LogP contribution in [0.1, 0.15) is 22.6 Å². The summed E-state index contributed by atoms with van der Waals surface area (Å²) in [5.74, 6) is -0.0122. The first kappa shape index (κ1) is 12.0. The fraction of sp³-hybridized carbons (Fsp3) is 0.583. The molecule has 1 aromatic heterocycles. The molecule has 17 heavy (non-hydrogen) atoms. The van der Waals surface area contributed by atoms with Crippen LogP contribution in [0.3, 0.4) is 0 Å². The highest BCUT2D eigenvalue weighted by atomic mass is 16.2. The van der Waals surface area contributed by atoms with E-state index >= 15 is 0 Å². The number of hydrogen-bond donors (Lipinski definition) is 0. The van der Waals surface area contributed by atoms with E-state index in [9.17, 15) is 4.79 Å². The van der Waals surface area contributed by atoms with E-state index in [1.54, 1.807) is 12.4 Å².